The Hall–Kier alpha value is -2.57. The second kappa shape index (κ2) is 9.22. The first-order chi connectivity index (χ1) is 12.3. The molecule has 136 valence electrons. The summed E-state index contributed by atoms with van der Waals surface area (Å²) < 4.78 is 4.83. The van der Waals surface area contributed by atoms with Gasteiger partial charge >= 0.3 is 5.97 Å². The Kier molecular flexibility index (Phi) is 7.00. The van der Waals surface area contributed by atoms with Crippen molar-refractivity contribution in [3.63, 3.8) is 0 Å². The molecule has 0 radical (unpaired) electrons. The Morgan fingerprint density at radius 3 is 2.35 bits per heavy atom. The van der Waals surface area contributed by atoms with E-state index in [2.05, 4.69) is 10.6 Å². The van der Waals surface area contributed by atoms with Crippen molar-refractivity contribution in [1.29, 1.82) is 0 Å². The minimum absolute atomic E-state index is 0.356. The molecular formula is C18H16Cl2N2O4. The largest absolute Gasteiger partial charge is 0.454 e. The summed E-state index contributed by atoms with van der Waals surface area (Å²) >= 11 is 11.6. The number of aryl methyl sites for hydroxylation is 1. The van der Waals surface area contributed by atoms with E-state index in [4.69, 9.17) is 27.9 Å². The number of carbonyl (C=O) groups excluding carboxylic acids is 3. The number of benzene rings is 2. The molecule has 0 heterocycles. The lowest BCUT2D eigenvalue weighted by molar-refractivity contribution is -0.146. The molecule has 0 aliphatic carbocycles. The minimum atomic E-state index is -0.731. The molecule has 0 saturated heterocycles. The first kappa shape index (κ1) is 19.8. The number of esters is 1. The van der Waals surface area contributed by atoms with Crippen LogP contribution in [0.4, 0.5) is 5.69 Å². The van der Waals surface area contributed by atoms with Crippen LogP contribution >= 0.6 is 23.2 Å². The van der Waals surface area contributed by atoms with Gasteiger partial charge in [0, 0.05) is 21.3 Å². The van der Waals surface area contributed by atoms with Gasteiger partial charge in [-0.25, -0.2) is 0 Å². The number of halogens is 2. The SMILES string of the molecule is Cc1ccc(Cl)cc1NC(=O)COC(=O)CNC(=O)c1ccc(Cl)cc1. The first-order valence-corrected chi connectivity index (χ1v) is 8.36. The summed E-state index contributed by atoms with van der Waals surface area (Å²) in [7, 11) is 0. The molecule has 0 bridgehead atoms. The average molecular weight is 395 g/mol. The van der Waals surface area contributed by atoms with Gasteiger partial charge in [-0.3, -0.25) is 14.4 Å². The normalized spacial score (nSPS) is 10.1. The lowest BCUT2D eigenvalue weighted by Crippen LogP contribution is -2.32. The zero-order chi connectivity index (χ0) is 19.1. The predicted octanol–water partition coefficient (Wildman–Crippen LogP) is 3.21. The minimum Gasteiger partial charge on any atom is -0.454 e. The lowest BCUT2D eigenvalue weighted by Gasteiger charge is -2.10. The number of rotatable bonds is 6. The van der Waals surface area contributed by atoms with Gasteiger partial charge in [0.2, 0.25) is 0 Å². The van der Waals surface area contributed by atoms with Crippen LogP contribution in [-0.4, -0.2) is 30.9 Å². The molecule has 2 aromatic carbocycles. The van der Waals surface area contributed by atoms with Crippen LogP contribution in [-0.2, 0) is 14.3 Å². The molecule has 0 aromatic heterocycles. The molecule has 2 amide bonds. The smallest absolute Gasteiger partial charge is 0.325 e. The average Bonchev–Trinajstić information content (AvgIpc) is 2.61. The number of carbonyl (C=O) groups is 3. The fraction of sp³-hybridized carbons (Fsp3) is 0.167. The molecule has 0 aliphatic rings. The first-order valence-electron chi connectivity index (χ1n) is 7.60. The highest BCUT2D eigenvalue weighted by Gasteiger charge is 2.12. The third kappa shape index (κ3) is 6.06. The Morgan fingerprint density at radius 1 is 1.00 bits per heavy atom. The summed E-state index contributed by atoms with van der Waals surface area (Å²) in [4.78, 5) is 35.3. The van der Waals surface area contributed by atoms with Crippen molar-refractivity contribution in [2.75, 3.05) is 18.5 Å². The third-order valence-corrected chi connectivity index (χ3v) is 3.82. The number of amides is 2. The summed E-state index contributed by atoms with van der Waals surface area (Å²) in [6, 6.07) is 11.3. The van der Waals surface area contributed by atoms with Gasteiger partial charge in [0.1, 0.15) is 6.54 Å². The molecule has 0 atom stereocenters. The van der Waals surface area contributed by atoms with Crippen LogP contribution in [0.15, 0.2) is 42.5 Å². The quantitative estimate of drug-likeness (QED) is 0.736. The molecule has 8 heteroatoms. The molecule has 0 spiro atoms. The van der Waals surface area contributed by atoms with E-state index in [1.165, 1.54) is 12.1 Å². The van der Waals surface area contributed by atoms with Gasteiger partial charge in [-0.2, -0.15) is 0 Å². The number of hydrogen-bond acceptors (Lipinski definition) is 4. The fourth-order valence-electron chi connectivity index (χ4n) is 1.97. The van der Waals surface area contributed by atoms with E-state index in [0.29, 0.717) is 21.3 Å². The summed E-state index contributed by atoms with van der Waals surface area (Å²) in [6.07, 6.45) is 0. The predicted molar refractivity (Wildman–Crippen MR) is 99.6 cm³/mol. The van der Waals surface area contributed by atoms with Crippen LogP contribution in [0.25, 0.3) is 0 Å². The van der Waals surface area contributed by atoms with E-state index in [9.17, 15) is 14.4 Å². The van der Waals surface area contributed by atoms with Crippen molar-refractivity contribution in [3.8, 4) is 0 Å². The van der Waals surface area contributed by atoms with Gasteiger partial charge in [-0.1, -0.05) is 29.3 Å². The van der Waals surface area contributed by atoms with E-state index in [-0.39, 0.29) is 6.54 Å². The maximum atomic E-state index is 11.9. The van der Waals surface area contributed by atoms with Gasteiger partial charge in [0.25, 0.3) is 11.8 Å². The molecule has 2 aromatic rings. The van der Waals surface area contributed by atoms with Crippen LogP contribution in [0.5, 0.6) is 0 Å². The Bertz CT molecular complexity index is 822. The van der Waals surface area contributed by atoms with Crippen molar-refractivity contribution in [1.82, 2.24) is 5.32 Å². The topological polar surface area (TPSA) is 84.5 Å². The van der Waals surface area contributed by atoms with Crippen LogP contribution < -0.4 is 10.6 Å². The monoisotopic (exact) mass is 394 g/mol. The second-order valence-electron chi connectivity index (χ2n) is 5.36. The summed E-state index contributed by atoms with van der Waals surface area (Å²) in [5.41, 5.74) is 1.72. The molecule has 6 nitrogen and oxygen atoms in total. The van der Waals surface area contributed by atoms with E-state index >= 15 is 0 Å². The van der Waals surface area contributed by atoms with Crippen molar-refractivity contribution in [2.45, 2.75) is 6.92 Å². The zero-order valence-electron chi connectivity index (χ0n) is 13.8. The number of hydrogen-bond donors (Lipinski definition) is 2. The van der Waals surface area contributed by atoms with Gasteiger partial charge in [-0.05, 0) is 48.9 Å². The summed E-state index contributed by atoms with van der Waals surface area (Å²) in [5.74, 6) is -1.68. The molecule has 0 aliphatic heterocycles. The molecular weight excluding hydrogens is 379 g/mol. The standard InChI is InChI=1S/C18H16Cl2N2O4/c1-11-2-5-14(20)8-15(11)22-16(23)10-26-17(24)9-21-18(25)12-3-6-13(19)7-4-12/h2-8H,9-10H2,1H3,(H,21,25)(H,22,23). The highest BCUT2D eigenvalue weighted by atomic mass is 35.5. The van der Waals surface area contributed by atoms with Crippen LogP contribution in [0, 0.1) is 6.92 Å². The van der Waals surface area contributed by atoms with Gasteiger partial charge < -0.3 is 15.4 Å². The number of ether oxygens (including phenoxy) is 1. The second-order valence-corrected chi connectivity index (χ2v) is 6.23. The Labute approximate surface area is 160 Å². The highest BCUT2D eigenvalue weighted by molar-refractivity contribution is 6.31. The molecule has 26 heavy (non-hydrogen) atoms. The van der Waals surface area contributed by atoms with Crippen molar-refractivity contribution < 1.29 is 19.1 Å². The maximum Gasteiger partial charge on any atom is 0.325 e. The van der Waals surface area contributed by atoms with E-state index in [1.54, 1.807) is 30.3 Å². The van der Waals surface area contributed by atoms with Crippen molar-refractivity contribution in [3.05, 3.63) is 63.6 Å². The van der Waals surface area contributed by atoms with Crippen LogP contribution in [0.1, 0.15) is 15.9 Å². The highest BCUT2D eigenvalue weighted by Crippen LogP contribution is 2.19. The third-order valence-electron chi connectivity index (χ3n) is 3.34. The molecule has 0 unspecified atom stereocenters. The van der Waals surface area contributed by atoms with Gasteiger partial charge in [0.05, 0.1) is 0 Å². The van der Waals surface area contributed by atoms with E-state index < -0.39 is 24.4 Å². The molecule has 0 saturated carbocycles. The summed E-state index contributed by atoms with van der Waals surface area (Å²) in [5, 5.41) is 5.99. The van der Waals surface area contributed by atoms with E-state index in [0.717, 1.165) is 5.56 Å². The maximum absolute atomic E-state index is 11.9. The van der Waals surface area contributed by atoms with Crippen LogP contribution in [0.2, 0.25) is 10.0 Å². The molecule has 0 fully saturated rings. The zero-order valence-corrected chi connectivity index (χ0v) is 15.4. The Balaban J connectivity index is 1.75. The van der Waals surface area contributed by atoms with E-state index in [1.807, 2.05) is 6.92 Å². The molecule has 2 N–H and O–H groups in total. The van der Waals surface area contributed by atoms with Crippen LogP contribution in [0.3, 0.4) is 0 Å². The number of nitrogens with one attached hydrogen (secondary N) is 2. The fourth-order valence-corrected chi connectivity index (χ4v) is 2.27. The lowest BCUT2D eigenvalue weighted by atomic mass is 10.2. The van der Waals surface area contributed by atoms with Gasteiger partial charge in [-0.15, -0.1) is 0 Å². The van der Waals surface area contributed by atoms with Crippen molar-refractivity contribution >= 4 is 46.7 Å². The summed E-state index contributed by atoms with van der Waals surface area (Å²) in [6.45, 7) is 0.983. The van der Waals surface area contributed by atoms with Crippen molar-refractivity contribution in [2.24, 2.45) is 0 Å². The molecule has 2 rings (SSSR count). The number of anilines is 1. The van der Waals surface area contributed by atoms with Gasteiger partial charge in [0.15, 0.2) is 6.61 Å². The Morgan fingerprint density at radius 2 is 1.65 bits per heavy atom.